The van der Waals surface area contributed by atoms with Crippen molar-refractivity contribution >= 4 is 27.9 Å². The van der Waals surface area contributed by atoms with Crippen LogP contribution in [0.25, 0.3) is 0 Å². The van der Waals surface area contributed by atoms with Crippen LogP contribution >= 0.6 is 11.3 Å². The van der Waals surface area contributed by atoms with Gasteiger partial charge in [0.1, 0.15) is 4.88 Å². The fourth-order valence-corrected chi connectivity index (χ4v) is 3.42. The van der Waals surface area contributed by atoms with E-state index in [1.54, 1.807) is 0 Å². The topological polar surface area (TPSA) is 67.2 Å². The quantitative estimate of drug-likeness (QED) is 0.717. The summed E-state index contributed by atoms with van der Waals surface area (Å²) < 4.78 is 0. The van der Waals surface area contributed by atoms with Gasteiger partial charge < -0.3 is 16.4 Å². The Kier molecular flexibility index (Phi) is 5.14. The van der Waals surface area contributed by atoms with E-state index in [9.17, 15) is 4.79 Å². The first-order valence-electron chi connectivity index (χ1n) is 7.92. The predicted molar refractivity (Wildman–Crippen MR) is 91.3 cm³/mol. The third-order valence-electron chi connectivity index (χ3n) is 4.07. The maximum absolute atomic E-state index is 12.2. The van der Waals surface area contributed by atoms with Gasteiger partial charge in [-0.05, 0) is 38.0 Å². The van der Waals surface area contributed by atoms with Crippen LogP contribution in [0.1, 0.15) is 68.1 Å². The molecule has 1 aliphatic carbocycles. The van der Waals surface area contributed by atoms with Gasteiger partial charge in [0, 0.05) is 18.2 Å². The molecule has 1 aromatic rings. The van der Waals surface area contributed by atoms with Crippen LogP contribution in [0.3, 0.4) is 0 Å². The van der Waals surface area contributed by atoms with Gasteiger partial charge in [-0.3, -0.25) is 4.79 Å². The van der Waals surface area contributed by atoms with Gasteiger partial charge in [0.2, 0.25) is 0 Å². The average molecular weight is 309 g/mol. The van der Waals surface area contributed by atoms with Crippen molar-refractivity contribution < 1.29 is 4.79 Å². The zero-order chi connectivity index (χ0) is 15.6. The largest absolute Gasteiger partial charge is 0.397 e. The molecule has 2 rings (SSSR count). The van der Waals surface area contributed by atoms with Crippen LogP contribution in [0, 0.1) is 5.92 Å². The highest BCUT2D eigenvalue weighted by atomic mass is 32.1. The summed E-state index contributed by atoms with van der Waals surface area (Å²) in [7, 11) is 0. The minimum atomic E-state index is -0.0356. The summed E-state index contributed by atoms with van der Waals surface area (Å²) in [6.07, 6.45) is 3.30. The third kappa shape index (κ3) is 3.70. The summed E-state index contributed by atoms with van der Waals surface area (Å²) in [6.45, 7) is 9.31. The lowest BCUT2D eigenvalue weighted by Gasteiger charge is -2.18. The molecule has 21 heavy (non-hydrogen) atoms. The van der Waals surface area contributed by atoms with Crippen molar-refractivity contribution in [2.24, 2.45) is 5.92 Å². The van der Waals surface area contributed by atoms with E-state index in [1.165, 1.54) is 29.7 Å². The molecule has 1 saturated carbocycles. The van der Waals surface area contributed by atoms with E-state index in [-0.39, 0.29) is 5.91 Å². The summed E-state index contributed by atoms with van der Waals surface area (Å²) in [4.78, 5) is 12.9. The van der Waals surface area contributed by atoms with Crippen LogP contribution < -0.4 is 16.4 Å². The van der Waals surface area contributed by atoms with Crippen LogP contribution in [-0.4, -0.2) is 18.5 Å². The van der Waals surface area contributed by atoms with E-state index in [2.05, 4.69) is 31.4 Å². The number of carbonyl (C=O) groups excluding carboxylic acids is 1. The number of hydrogen-bond donors (Lipinski definition) is 3. The molecule has 1 aliphatic rings. The molecular weight excluding hydrogens is 282 g/mol. The lowest BCUT2D eigenvalue weighted by Crippen LogP contribution is -2.23. The maximum atomic E-state index is 12.2. The van der Waals surface area contributed by atoms with Gasteiger partial charge >= 0.3 is 0 Å². The highest BCUT2D eigenvalue weighted by Gasteiger charge is 2.33. The molecule has 1 fully saturated rings. The van der Waals surface area contributed by atoms with Gasteiger partial charge in [0.15, 0.2) is 0 Å². The normalized spacial score (nSPS) is 16.0. The number of carbonyl (C=O) groups is 1. The number of nitrogens with two attached hydrogens (primary N) is 1. The van der Waals surface area contributed by atoms with E-state index in [4.69, 9.17) is 5.73 Å². The zero-order valence-corrected chi connectivity index (χ0v) is 14.3. The van der Waals surface area contributed by atoms with Crippen molar-refractivity contribution in [2.75, 3.05) is 17.6 Å². The standard InChI is InChI=1S/C16H27N3OS/c1-5-8-18-15(20)14-13(17)12(11-6-7-11)16(21-14)19-10(4)9(2)3/h9-11,19H,5-8,17H2,1-4H3,(H,18,20). The lowest BCUT2D eigenvalue weighted by molar-refractivity contribution is 0.0958. The Bertz CT molecular complexity index is 506. The fraction of sp³-hybridized carbons (Fsp3) is 0.688. The number of hydrogen-bond acceptors (Lipinski definition) is 4. The molecule has 0 spiro atoms. The molecule has 4 N–H and O–H groups in total. The Morgan fingerprint density at radius 1 is 1.38 bits per heavy atom. The Morgan fingerprint density at radius 2 is 2.05 bits per heavy atom. The van der Waals surface area contributed by atoms with E-state index in [1.807, 2.05) is 6.92 Å². The molecule has 0 saturated heterocycles. The molecule has 0 radical (unpaired) electrons. The van der Waals surface area contributed by atoms with E-state index >= 15 is 0 Å². The average Bonchev–Trinajstić information content (AvgIpc) is 3.21. The van der Waals surface area contributed by atoms with Crippen LogP contribution in [0.2, 0.25) is 0 Å². The molecule has 1 aromatic heterocycles. The van der Waals surface area contributed by atoms with Gasteiger partial charge in [0.25, 0.3) is 5.91 Å². The second-order valence-corrected chi connectivity index (χ2v) is 7.32. The molecule has 118 valence electrons. The molecule has 0 bridgehead atoms. The number of nitrogen functional groups attached to an aromatic ring is 1. The summed E-state index contributed by atoms with van der Waals surface area (Å²) >= 11 is 1.51. The first kappa shape index (κ1) is 16.1. The molecular formula is C16H27N3OS. The second-order valence-electron chi connectivity index (χ2n) is 6.29. The van der Waals surface area contributed by atoms with E-state index < -0.39 is 0 Å². The number of amides is 1. The monoisotopic (exact) mass is 309 g/mol. The molecule has 0 aliphatic heterocycles. The number of anilines is 2. The highest BCUT2D eigenvalue weighted by molar-refractivity contribution is 7.18. The fourth-order valence-electron chi connectivity index (χ4n) is 2.20. The van der Waals surface area contributed by atoms with Crippen molar-refractivity contribution in [1.29, 1.82) is 0 Å². The predicted octanol–water partition coefficient (Wildman–Crippen LogP) is 3.80. The van der Waals surface area contributed by atoms with Crippen molar-refractivity contribution in [3.8, 4) is 0 Å². The highest BCUT2D eigenvalue weighted by Crippen LogP contribution is 2.51. The number of nitrogens with one attached hydrogen (secondary N) is 2. The van der Waals surface area contributed by atoms with Crippen LogP contribution in [-0.2, 0) is 0 Å². The lowest BCUT2D eigenvalue weighted by atomic mass is 10.1. The first-order valence-corrected chi connectivity index (χ1v) is 8.74. The molecule has 1 amide bonds. The molecule has 4 nitrogen and oxygen atoms in total. The van der Waals surface area contributed by atoms with Crippen molar-refractivity contribution in [2.45, 2.75) is 58.9 Å². The second kappa shape index (κ2) is 6.69. The number of rotatable bonds is 7. The van der Waals surface area contributed by atoms with Crippen LogP contribution in [0.5, 0.6) is 0 Å². The number of thiophene rings is 1. The van der Waals surface area contributed by atoms with Gasteiger partial charge in [0.05, 0.1) is 10.7 Å². The Morgan fingerprint density at radius 3 is 2.57 bits per heavy atom. The minimum Gasteiger partial charge on any atom is -0.397 e. The Balaban J connectivity index is 2.25. The van der Waals surface area contributed by atoms with Gasteiger partial charge in [-0.15, -0.1) is 11.3 Å². The summed E-state index contributed by atoms with van der Waals surface area (Å²) in [5.41, 5.74) is 8.14. The van der Waals surface area contributed by atoms with Crippen molar-refractivity contribution in [3.05, 3.63) is 10.4 Å². The smallest absolute Gasteiger partial charge is 0.263 e. The maximum Gasteiger partial charge on any atom is 0.263 e. The molecule has 1 unspecified atom stereocenters. The third-order valence-corrected chi connectivity index (χ3v) is 5.22. The Hall–Kier alpha value is -1.23. The first-order chi connectivity index (χ1) is 9.95. The minimum absolute atomic E-state index is 0.0356. The molecule has 1 heterocycles. The molecule has 1 atom stereocenters. The summed E-state index contributed by atoms with van der Waals surface area (Å²) in [6, 6.07) is 0.368. The van der Waals surface area contributed by atoms with Crippen LogP contribution in [0.4, 0.5) is 10.7 Å². The molecule has 0 aromatic carbocycles. The van der Waals surface area contributed by atoms with Crippen molar-refractivity contribution in [3.63, 3.8) is 0 Å². The van der Waals surface area contributed by atoms with Gasteiger partial charge in [-0.2, -0.15) is 0 Å². The summed E-state index contributed by atoms with van der Waals surface area (Å²) in [5, 5.41) is 7.59. The SMILES string of the molecule is CCCNC(=O)c1sc(NC(C)C(C)C)c(C2CC2)c1N. The Labute approximate surface area is 131 Å². The van der Waals surface area contributed by atoms with E-state index in [0.29, 0.717) is 35.0 Å². The van der Waals surface area contributed by atoms with Gasteiger partial charge in [-0.25, -0.2) is 0 Å². The van der Waals surface area contributed by atoms with Crippen LogP contribution in [0.15, 0.2) is 0 Å². The zero-order valence-electron chi connectivity index (χ0n) is 13.5. The molecule has 5 heteroatoms. The van der Waals surface area contributed by atoms with Crippen molar-refractivity contribution in [1.82, 2.24) is 5.32 Å². The van der Waals surface area contributed by atoms with Gasteiger partial charge in [-0.1, -0.05) is 20.8 Å². The van der Waals surface area contributed by atoms with E-state index in [0.717, 1.165) is 11.4 Å². The summed E-state index contributed by atoms with van der Waals surface area (Å²) in [5.74, 6) is 1.04.